The third-order valence-corrected chi connectivity index (χ3v) is 3.40. The average molecular weight is 300 g/mol. The van der Waals surface area contributed by atoms with Crippen LogP contribution in [-0.4, -0.2) is 29.7 Å². The molecule has 0 aromatic carbocycles. The van der Waals surface area contributed by atoms with E-state index in [0.717, 1.165) is 16.9 Å². The monoisotopic (exact) mass is 300 g/mol. The van der Waals surface area contributed by atoms with Gasteiger partial charge in [-0.05, 0) is 36.4 Å². The molecule has 0 fully saturated rings. The van der Waals surface area contributed by atoms with Gasteiger partial charge in [0.05, 0.1) is 5.69 Å². The minimum Gasteiger partial charge on any atom is -0.274 e. The van der Waals surface area contributed by atoms with Crippen LogP contribution >= 0.6 is 0 Å². The van der Waals surface area contributed by atoms with Crippen molar-refractivity contribution in [3.05, 3.63) is 73.4 Å². The van der Waals surface area contributed by atoms with Crippen molar-refractivity contribution in [3.8, 4) is 28.6 Å². The van der Waals surface area contributed by atoms with Crippen LogP contribution in [0.3, 0.4) is 0 Å². The number of rotatable bonds is 3. The standard InChI is InChI=1S/C17H12N6/c1-2-9-20-15(5-1)17-22-21-16(13-4-3-8-19-12-13)23(17)14-6-10-18-11-7-14/h1-12H. The second-order valence-corrected chi connectivity index (χ2v) is 4.84. The number of nitrogens with zero attached hydrogens (tertiary/aromatic N) is 6. The highest BCUT2D eigenvalue weighted by Crippen LogP contribution is 2.26. The Labute approximate surface area is 132 Å². The lowest BCUT2D eigenvalue weighted by molar-refractivity contribution is 1.05. The summed E-state index contributed by atoms with van der Waals surface area (Å²) in [6.45, 7) is 0. The summed E-state index contributed by atoms with van der Waals surface area (Å²) in [5.41, 5.74) is 2.57. The molecule has 0 N–H and O–H groups in total. The van der Waals surface area contributed by atoms with E-state index < -0.39 is 0 Å². The average Bonchev–Trinajstić information content (AvgIpc) is 3.09. The summed E-state index contributed by atoms with van der Waals surface area (Å²) in [7, 11) is 0. The van der Waals surface area contributed by atoms with E-state index in [-0.39, 0.29) is 0 Å². The summed E-state index contributed by atoms with van der Waals surface area (Å²) in [6.07, 6.45) is 8.72. The lowest BCUT2D eigenvalue weighted by Crippen LogP contribution is -2.01. The summed E-state index contributed by atoms with van der Waals surface area (Å²) < 4.78 is 1.96. The van der Waals surface area contributed by atoms with E-state index in [1.165, 1.54) is 0 Å². The van der Waals surface area contributed by atoms with Gasteiger partial charge in [-0.3, -0.25) is 19.5 Å². The van der Waals surface area contributed by atoms with Crippen molar-refractivity contribution in [1.29, 1.82) is 0 Å². The molecule has 0 unspecified atom stereocenters. The first-order valence-corrected chi connectivity index (χ1v) is 7.11. The molecule has 6 heteroatoms. The van der Waals surface area contributed by atoms with Crippen molar-refractivity contribution in [2.75, 3.05) is 0 Å². The second kappa shape index (κ2) is 5.76. The Bertz CT molecular complexity index is 847. The highest BCUT2D eigenvalue weighted by molar-refractivity contribution is 5.64. The Balaban J connectivity index is 1.97. The van der Waals surface area contributed by atoms with Gasteiger partial charge in [0, 0.05) is 36.5 Å². The van der Waals surface area contributed by atoms with Crippen LogP contribution in [0.5, 0.6) is 0 Å². The molecule has 0 atom stereocenters. The molecular formula is C17H12N6. The summed E-state index contributed by atoms with van der Waals surface area (Å²) in [5.74, 6) is 1.39. The molecule has 0 aliphatic heterocycles. The van der Waals surface area contributed by atoms with E-state index in [0.29, 0.717) is 11.6 Å². The van der Waals surface area contributed by atoms with Gasteiger partial charge >= 0.3 is 0 Å². The van der Waals surface area contributed by atoms with Crippen LogP contribution in [0.4, 0.5) is 0 Å². The molecule has 0 aliphatic rings. The molecule has 4 aromatic rings. The molecule has 0 bridgehead atoms. The maximum absolute atomic E-state index is 4.39. The predicted molar refractivity (Wildman–Crippen MR) is 85.6 cm³/mol. The first-order chi connectivity index (χ1) is 11.4. The van der Waals surface area contributed by atoms with Crippen molar-refractivity contribution in [3.63, 3.8) is 0 Å². The number of hydrogen-bond acceptors (Lipinski definition) is 5. The third kappa shape index (κ3) is 2.46. The molecule has 23 heavy (non-hydrogen) atoms. The molecule has 110 valence electrons. The molecular weight excluding hydrogens is 288 g/mol. The van der Waals surface area contributed by atoms with Crippen molar-refractivity contribution < 1.29 is 0 Å². The fourth-order valence-electron chi connectivity index (χ4n) is 2.36. The van der Waals surface area contributed by atoms with Crippen LogP contribution in [0, 0.1) is 0 Å². The van der Waals surface area contributed by atoms with Crippen molar-refractivity contribution in [2.45, 2.75) is 0 Å². The van der Waals surface area contributed by atoms with E-state index >= 15 is 0 Å². The fourth-order valence-corrected chi connectivity index (χ4v) is 2.36. The van der Waals surface area contributed by atoms with Gasteiger partial charge in [0.2, 0.25) is 0 Å². The first kappa shape index (κ1) is 13.3. The van der Waals surface area contributed by atoms with E-state index in [2.05, 4.69) is 25.1 Å². The van der Waals surface area contributed by atoms with Crippen LogP contribution in [0.15, 0.2) is 73.4 Å². The second-order valence-electron chi connectivity index (χ2n) is 4.84. The maximum Gasteiger partial charge on any atom is 0.187 e. The molecule has 6 nitrogen and oxygen atoms in total. The van der Waals surface area contributed by atoms with Gasteiger partial charge in [0.1, 0.15) is 5.69 Å². The third-order valence-electron chi connectivity index (χ3n) is 3.40. The Hall–Kier alpha value is -3.41. The molecule has 0 saturated carbocycles. The van der Waals surface area contributed by atoms with E-state index in [1.807, 2.05) is 47.0 Å². The molecule has 0 saturated heterocycles. The Morgan fingerprint density at radius 1 is 0.696 bits per heavy atom. The van der Waals surface area contributed by atoms with Gasteiger partial charge in [-0.15, -0.1) is 10.2 Å². The van der Waals surface area contributed by atoms with Crippen molar-refractivity contribution in [2.24, 2.45) is 0 Å². The minimum atomic E-state index is 0.677. The molecule has 4 aromatic heterocycles. The van der Waals surface area contributed by atoms with Crippen LogP contribution in [0.2, 0.25) is 0 Å². The predicted octanol–water partition coefficient (Wildman–Crippen LogP) is 2.79. The van der Waals surface area contributed by atoms with Crippen LogP contribution in [0.25, 0.3) is 28.6 Å². The Morgan fingerprint density at radius 3 is 2.30 bits per heavy atom. The van der Waals surface area contributed by atoms with Gasteiger partial charge in [-0.1, -0.05) is 6.07 Å². The minimum absolute atomic E-state index is 0.677. The molecule has 0 radical (unpaired) electrons. The topological polar surface area (TPSA) is 69.4 Å². The van der Waals surface area contributed by atoms with Gasteiger partial charge in [-0.25, -0.2) is 0 Å². The Kier molecular flexibility index (Phi) is 3.32. The molecule has 4 rings (SSSR count). The SMILES string of the molecule is c1ccc(-c2nnc(-c3cccnc3)n2-c2ccncc2)nc1. The summed E-state index contributed by atoms with van der Waals surface area (Å²) in [5, 5.41) is 8.69. The van der Waals surface area contributed by atoms with Gasteiger partial charge < -0.3 is 0 Å². The zero-order valence-electron chi connectivity index (χ0n) is 12.1. The number of pyridine rings is 3. The molecule has 0 amide bonds. The zero-order chi connectivity index (χ0) is 15.5. The van der Waals surface area contributed by atoms with Crippen molar-refractivity contribution in [1.82, 2.24) is 29.7 Å². The lowest BCUT2D eigenvalue weighted by Gasteiger charge is -2.09. The molecule has 0 aliphatic carbocycles. The van der Waals surface area contributed by atoms with Crippen LogP contribution in [-0.2, 0) is 0 Å². The number of aromatic nitrogens is 6. The van der Waals surface area contributed by atoms with Crippen LogP contribution in [0.1, 0.15) is 0 Å². The zero-order valence-corrected chi connectivity index (χ0v) is 12.1. The quantitative estimate of drug-likeness (QED) is 0.582. The Morgan fingerprint density at radius 2 is 1.57 bits per heavy atom. The lowest BCUT2D eigenvalue weighted by atomic mass is 10.2. The van der Waals surface area contributed by atoms with E-state index in [9.17, 15) is 0 Å². The molecule has 4 heterocycles. The highest BCUT2D eigenvalue weighted by atomic mass is 15.3. The summed E-state index contributed by atoms with van der Waals surface area (Å²) in [6, 6.07) is 13.4. The summed E-state index contributed by atoms with van der Waals surface area (Å²) in [4.78, 5) is 12.6. The van der Waals surface area contributed by atoms with Gasteiger partial charge in [-0.2, -0.15) is 0 Å². The fraction of sp³-hybridized carbons (Fsp3) is 0. The van der Waals surface area contributed by atoms with E-state index in [4.69, 9.17) is 0 Å². The maximum atomic E-state index is 4.39. The van der Waals surface area contributed by atoms with Gasteiger partial charge in [0.25, 0.3) is 0 Å². The van der Waals surface area contributed by atoms with Crippen molar-refractivity contribution >= 4 is 0 Å². The van der Waals surface area contributed by atoms with E-state index in [1.54, 1.807) is 31.0 Å². The smallest absolute Gasteiger partial charge is 0.187 e. The largest absolute Gasteiger partial charge is 0.274 e. The summed E-state index contributed by atoms with van der Waals surface area (Å²) >= 11 is 0. The van der Waals surface area contributed by atoms with Crippen LogP contribution < -0.4 is 0 Å². The van der Waals surface area contributed by atoms with Gasteiger partial charge in [0.15, 0.2) is 11.6 Å². The highest BCUT2D eigenvalue weighted by Gasteiger charge is 2.17. The normalized spacial score (nSPS) is 10.6. The molecule has 0 spiro atoms. The first-order valence-electron chi connectivity index (χ1n) is 7.11. The number of hydrogen-bond donors (Lipinski definition) is 0.